The number of carbonyl (C=O) groups is 1. The van der Waals surface area contributed by atoms with Crippen molar-refractivity contribution < 1.29 is 9.53 Å². The normalized spacial score (nSPS) is 12.7. The molecule has 0 aliphatic heterocycles. The zero-order valence-electron chi connectivity index (χ0n) is 17.9. The van der Waals surface area contributed by atoms with Crippen molar-refractivity contribution in [3.63, 3.8) is 0 Å². The number of hydrogen-bond acceptors (Lipinski definition) is 2. The fourth-order valence-electron chi connectivity index (χ4n) is 3.54. The van der Waals surface area contributed by atoms with Gasteiger partial charge in [-0.25, -0.2) is 0 Å². The van der Waals surface area contributed by atoms with Gasteiger partial charge in [0, 0.05) is 0 Å². The average molecular weight is 367 g/mol. The van der Waals surface area contributed by atoms with E-state index in [0.717, 1.165) is 5.56 Å². The van der Waals surface area contributed by atoms with Crippen LogP contribution in [0.2, 0.25) is 0 Å². The van der Waals surface area contributed by atoms with Crippen molar-refractivity contribution in [3.05, 3.63) is 70.3 Å². The SMILES string of the molecule is CC(C)c1cc(C(C)C)c([C@@H](C)OC(=O)Cc2ccccc2)c(C(C)C)c1. The van der Waals surface area contributed by atoms with Gasteiger partial charge in [0.1, 0.15) is 6.10 Å². The summed E-state index contributed by atoms with van der Waals surface area (Å²) in [5, 5.41) is 0. The molecule has 2 aromatic rings. The van der Waals surface area contributed by atoms with E-state index in [2.05, 4.69) is 53.7 Å². The first-order valence-corrected chi connectivity index (χ1v) is 10.1. The van der Waals surface area contributed by atoms with Crippen LogP contribution in [0.25, 0.3) is 0 Å². The summed E-state index contributed by atoms with van der Waals surface area (Å²) in [6.45, 7) is 15.3. The van der Waals surface area contributed by atoms with Gasteiger partial charge in [0.25, 0.3) is 0 Å². The number of rotatable bonds is 7. The number of hydrogen-bond donors (Lipinski definition) is 0. The fraction of sp³-hybridized carbons (Fsp3) is 0.480. The second kappa shape index (κ2) is 9.21. The molecule has 0 fully saturated rings. The number of ether oxygens (including phenoxy) is 1. The van der Waals surface area contributed by atoms with E-state index in [1.54, 1.807) is 0 Å². The third kappa shape index (κ3) is 5.45. The molecule has 0 saturated carbocycles. The largest absolute Gasteiger partial charge is 0.458 e. The Morgan fingerprint density at radius 2 is 1.33 bits per heavy atom. The highest BCUT2D eigenvalue weighted by Crippen LogP contribution is 2.37. The van der Waals surface area contributed by atoms with E-state index in [1.807, 2.05) is 37.3 Å². The summed E-state index contributed by atoms with van der Waals surface area (Å²) >= 11 is 0. The standard InChI is InChI=1S/C25H34O2/c1-16(2)21-14-22(17(3)4)25(23(15-21)18(5)6)19(7)27-24(26)13-20-11-9-8-10-12-20/h8-12,14-19H,13H2,1-7H3/t19-/m1/s1. The van der Waals surface area contributed by atoms with Crippen LogP contribution in [0.15, 0.2) is 42.5 Å². The Kier molecular flexibility index (Phi) is 7.24. The molecule has 0 amide bonds. The lowest BCUT2D eigenvalue weighted by Gasteiger charge is -2.26. The minimum atomic E-state index is -0.253. The van der Waals surface area contributed by atoms with Gasteiger partial charge in [-0.05, 0) is 52.5 Å². The van der Waals surface area contributed by atoms with Crippen LogP contribution in [0.5, 0.6) is 0 Å². The van der Waals surface area contributed by atoms with E-state index >= 15 is 0 Å². The van der Waals surface area contributed by atoms with Crippen molar-refractivity contribution in [3.8, 4) is 0 Å². The van der Waals surface area contributed by atoms with Crippen LogP contribution in [0.4, 0.5) is 0 Å². The monoisotopic (exact) mass is 366 g/mol. The second-order valence-electron chi connectivity index (χ2n) is 8.37. The fourth-order valence-corrected chi connectivity index (χ4v) is 3.54. The third-order valence-corrected chi connectivity index (χ3v) is 5.08. The lowest BCUT2D eigenvalue weighted by molar-refractivity contribution is -0.147. The van der Waals surface area contributed by atoms with E-state index < -0.39 is 0 Å². The maximum atomic E-state index is 12.5. The molecule has 0 radical (unpaired) electrons. The molecule has 146 valence electrons. The molecule has 0 heterocycles. The first kappa shape index (κ1) is 21.2. The smallest absolute Gasteiger partial charge is 0.310 e. The van der Waals surface area contributed by atoms with Gasteiger partial charge in [0.2, 0.25) is 0 Å². The summed E-state index contributed by atoms with van der Waals surface area (Å²) in [6, 6.07) is 14.4. The highest BCUT2D eigenvalue weighted by atomic mass is 16.5. The molecule has 27 heavy (non-hydrogen) atoms. The molecule has 0 aromatic heterocycles. The van der Waals surface area contributed by atoms with E-state index in [4.69, 9.17) is 4.74 Å². The van der Waals surface area contributed by atoms with Crippen molar-refractivity contribution in [1.29, 1.82) is 0 Å². The van der Waals surface area contributed by atoms with Crippen LogP contribution in [0.1, 0.15) is 100 Å². The first-order chi connectivity index (χ1) is 12.7. The lowest BCUT2D eigenvalue weighted by atomic mass is 9.82. The van der Waals surface area contributed by atoms with Gasteiger partial charge in [-0.3, -0.25) is 4.79 Å². The van der Waals surface area contributed by atoms with Crippen LogP contribution in [-0.4, -0.2) is 5.97 Å². The van der Waals surface area contributed by atoms with E-state index in [1.165, 1.54) is 22.3 Å². The number of esters is 1. The van der Waals surface area contributed by atoms with Crippen LogP contribution in [0, 0.1) is 0 Å². The lowest BCUT2D eigenvalue weighted by Crippen LogP contribution is -2.16. The molecule has 2 nitrogen and oxygen atoms in total. The molecule has 0 aliphatic rings. The van der Waals surface area contributed by atoms with Crippen LogP contribution in [-0.2, 0) is 16.0 Å². The summed E-state index contributed by atoms with van der Waals surface area (Å²) < 4.78 is 5.88. The minimum Gasteiger partial charge on any atom is -0.458 e. The van der Waals surface area contributed by atoms with Gasteiger partial charge in [-0.2, -0.15) is 0 Å². The van der Waals surface area contributed by atoms with E-state index in [-0.39, 0.29) is 12.1 Å². The predicted octanol–water partition coefficient (Wildman–Crippen LogP) is 6.90. The number of carbonyl (C=O) groups excluding carboxylic acids is 1. The van der Waals surface area contributed by atoms with Crippen molar-refractivity contribution in [2.24, 2.45) is 0 Å². The Labute approximate surface area is 165 Å². The van der Waals surface area contributed by atoms with Crippen molar-refractivity contribution >= 4 is 5.97 Å². The van der Waals surface area contributed by atoms with Crippen molar-refractivity contribution in [1.82, 2.24) is 0 Å². The Morgan fingerprint density at radius 3 is 1.78 bits per heavy atom. The topological polar surface area (TPSA) is 26.3 Å². The van der Waals surface area contributed by atoms with Gasteiger partial charge in [-0.15, -0.1) is 0 Å². The van der Waals surface area contributed by atoms with Gasteiger partial charge in [0.05, 0.1) is 6.42 Å². The van der Waals surface area contributed by atoms with E-state index in [9.17, 15) is 4.79 Å². The molecule has 2 aromatic carbocycles. The highest BCUT2D eigenvalue weighted by molar-refractivity contribution is 5.73. The zero-order chi connectivity index (χ0) is 20.1. The molecular weight excluding hydrogens is 332 g/mol. The summed E-state index contributed by atoms with van der Waals surface area (Å²) in [6.07, 6.45) is 0.0562. The van der Waals surface area contributed by atoms with Crippen LogP contribution < -0.4 is 0 Å². The van der Waals surface area contributed by atoms with Gasteiger partial charge in [-0.1, -0.05) is 84.0 Å². The van der Waals surface area contributed by atoms with Crippen molar-refractivity contribution in [2.75, 3.05) is 0 Å². The summed E-state index contributed by atoms with van der Waals surface area (Å²) in [5.74, 6) is 1.06. The van der Waals surface area contributed by atoms with Gasteiger partial charge < -0.3 is 4.74 Å². The maximum absolute atomic E-state index is 12.5. The third-order valence-electron chi connectivity index (χ3n) is 5.08. The highest BCUT2D eigenvalue weighted by Gasteiger charge is 2.23. The van der Waals surface area contributed by atoms with Crippen molar-refractivity contribution in [2.45, 2.75) is 78.7 Å². The summed E-state index contributed by atoms with van der Waals surface area (Å²) in [4.78, 5) is 12.5. The Morgan fingerprint density at radius 1 is 0.815 bits per heavy atom. The first-order valence-electron chi connectivity index (χ1n) is 10.1. The molecule has 2 heteroatoms. The summed E-state index contributed by atoms with van der Waals surface area (Å²) in [5.41, 5.74) is 6.12. The molecule has 1 atom stereocenters. The maximum Gasteiger partial charge on any atom is 0.310 e. The molecule has 0 spiro atoms. The average Bonchev–Trinajstić information content (AvgIpc) is 2.60. The number of benzene rings is 2. The van der Waals surface area contributed by atoms with E-state index in [0.29, 0.717) is 24.2 Å². The van der Waals surface area contributed by atoms with Gasteiger partial charge in [0.15, 0.2) is 0 Å². The second-order valence-corrected chi connectivity index (χ2v) is 8.37. The molecule has 0 aliphatic carbocycles. The summed E-state index contributed by atoms with van der Waals surface area (Å²) in [7, 11) is 0. The Hall–Kier alpha value is -2.09. The Bertz CT molecular complexity index is 728. The molecule has 0 N–H and O–H groups in total. The molecule has 0 saturated heterocycles. The molecule has 0 unspecified atom stereocenters. The quantitative estimate of drug-likeness (QED) is 0.498. The zero-order valence-corrected chi connectivity index (χ0v) is 17.9. The van der Waals surface area contributed by atoms with Gasteiger partial charge >= 0.3 is 5.97 Å². The molecule has 2 rings (SSSR count). The molecular formula is C25H34O2. The van der Waals surface area contributed by atoms with Crippen LogP contribution >= 0.6 is 0 Å². The van der Waals surface area contributed by atoms with Crippen LogP contribution in [0.3, 0.4) is 0 Å². The Balaban J connectivity index is 2.35. The minimum absolute atomic E-state index is 0.175. The molecule has 0 bridgehead atoms. The predicted molar refractivity (Wildman–Crippen MR) is 113 cm³/mol.